The van der Waals surface area contributed by atoms with Crippen molar-refractivity contribution in [2.24, 2.45) is 0 Å². The van der Waals surface area contributed by atoms with Gasteiger partial charge in [0.1, 0.15) is 5.82 Å². The van der Waals surface area contributed by atoms with Crippen molar-refractivity contribution in [3.05, 3.63) is 24.0 Å². The minimum atomic E-state index is -0.449. The number of hydrogen-bond donors (Lipinski definition) is 2. The first-order valence-corrected chi connectivity index (χ1v) is 7.91. The number of amides is 2. The number of halogens is 1. The number of nitrogens with zero attached hydrogens (tertiary/aromatic N) is 2. The van der Waals surface area contributed by atoms with E-state index in [0.29, 0.717) is 17.9 Å². The normalized spacial score (nSPS) is 16.1. The summed E-state index contributed by atoms with van der Waals surface area (Å²) in [5.41, 5.74) is 4.02. The van der Waals surface area contributed by atoms with Gasteiger partial charge in [-0.1, -0.05) is 0 Å². The van der Waals surface area contributed by atoms with Crippen LogP contribution >= 0.6 is 11.9 Å². The van der Waals surface area contributed by atoms with E-state index in [0.717, 1.165) is 25.0 Å². The molecule has 6 nitrogen and oxygen atoms in total. The number of carbonyl (C=O) groups excluding carboxylic acids is 2. The first-order valence-electron chi connectivity index (χ1n) is 7.14. The molecule has 0 spiro atoms. The number of hydrazine groups is 1. The SMILES string of the molecule is CCN(CC)c1ccc(NN2CCC(=O)NC(=O)S2)cc1F. The first-order chi connectivity index (χ1) is 10.5. The van der Waals surface area contributed by atoms with Crippen LogP contribution in [0, 0.1) is 5.82 Å². The van der Waals surface area contributed by atoms with E-state index in [1.54, 1.807) is 12.1 Å². The Bertz CT molecular complexity index is 566. The Kier molecular flexibility index (Phi) is 5.62. The van der Waals surface area contributed by atoms with E-state index in [1.165, 1.54) is 10.5 Å². The lowest BCUT2D eigenvalue weighted by molar-refractivity contribution is -0.119. The molecule has 1 aromatic rings. The number of rotatable bonds is 5. The fraction of sp³-hybridized carbons (Fsp3) is 0.429. The molecule has 0 saturated carbocycles. The van der Waals surface area contributed by atoms with E-state index >= 15 is 0 Å². The maximum atomic E-state index is 14.2. The summed E-state index contributed by atoms with van der Waals surface area (Å²) in [7, 11) is 0. The third-order valence-electron chi connectivity index (χ3n) is 3.28. The topological polar surface area (TPSA) is 64.7 Å². The lowest BCUT2D eigenvalue weighted by atomic mass is 10.2. The van der Waals surface area contributed by atoms with Crippen LogP contribution in [-0.4, -0.2) is 35.2 Å². The number of hydrogen-bond acceptors (Lipinski definition) is 6. The summed E-state index contributed by atoms with van der Waals surface area (Å²) in [4.78, 5) is 24.6. The molecule has 8 heteroatoms. The van der Waals surface area contributed by atoms with Gasteiger partial charge in [-0.05, 0) is 26.0 Å². The summed E-state index contributed by atoms with van der Waals surface area (Å²) in [5.74, 6) is -0.640. The molecule has 0 bridgehead atoms. The Balaban J connectivity index is 2.08. The number of nitrogens with one attached hydrogen (secondary N) is 2. The molecular weight excluding hydrogens is 307 g/mol. The average molecular weight is 326 g/mol. The molecule has 2 rings (SSSR count). The van der Waals surface area contributed by atoms with Crippen LogP contribution in [0.5, 0.6) is 0 Å². The highest BCUT2D eigenvalue weighted by atomic mass is 32.2. The third kappa shape index (κ3) is 4.11. The summed E-state index contributed by atoms with van der Waals surface area (Å²) in [6.45, 7) is 5.74. The zero-order valence-corrected chi connectivity index (χ0v) is 13.4. The molecule has 1 aromatic carbocycles. The zero-order chi connectivity index (χ0) is 16.1. The summed E-state index contributed by atoms with van der Waals surface area (Å²) in [6, 6.07) is 4.85. The monoisotopic (exact) mass is 326 g/mol. The maximum Gasteiger partial charge on any atom is 0.302 e. The fourth-order valence-electron chi connectivity index (χ4n) is 2.17. The second kappa shape index (κ2) is 7.46. The first kappa shape index (κ1) is 16.6. The molecular formula is C14H19FN4O2S. The van der Waals surface area contributed by atoms with Gasteiger partial charge in [0, 0.05) is 44.1 Å². The molecule has 1 heterocycles. The molecule has 120 valence electrons. The van der Waals surface area contributed by atoms with Gasteiger partial charge in [-0.15, -0.1) is 0 Å². The lowest BCUT2D eigenvalue weighted by Gasteiger charge is -2.23. The van der Waals surface area contributed by atoms with Crippen molar-refractivity contribution in [2.75, 3.05) is 30.0 Å². The molecule has 1 aliphatic rings. The summed E-state index contributed by atoms with van der Waals surface area (Å²) < 4.78 is 15.7. The van der Waals surface area contributed by atoms with Gasteiger partial charge in [0.15, 0.2) is 0 Å². The molecule has 0 atom stereocenters. The van der Waals surface area contributed by atoms with E-state index in [9.17, 15) is 14.0 Å². The molecule has 2 amide bonds. The predicted molar refractivity (Wildman–Crippen MR) is 86.0 cm³/mol. The van der Waals surface area contributed by atoms with Gasteiger partial charge in [-0.25, -0.2) is 4.39 Å². The van der Waals surface area contributed by atoms with Gasteiger partial charge < -0.3 is 10.3 Å². The van der Waals surface area contributed by atoms with Gasteiger partial charge in [-0.3, -0.25) is 14.9 Å². The molecule has 2 N–H and O–H groups in total. The highest BCUT2D eigenvalue weighted by molar-refractivity contribution is 8.11. The highest BCUT2D eigenvalue weighted by Gasteiger charge is 2.21. The van der Waals surface area contributed by atoms with Crippen LogP contribution < -0.4 is 15.6 Å². The van der Waals surface area contributed by atoms with Gasteiger partial charge >= 0.3 is 5.24 Å². The van der Waals surface area contributed by atoms with Crippen molar-refractivity contribution in [2.45, 2.75) is 20.3 Å². The van der Waals surface area contributed by atoms with Crippen LogP contribution in [0.3, 0.4) is 0 Å². The highest BCUT2D eigenvalue weighted by Crippen LogP contribution is 2.24. The smallest absolute Gasteiger partial charge is 0.302 e. The number of benzene rings is 1. The average Bonchev–Trinajstić information content (AvgIpc) is 2.63. The van der Waals surface area contributed by atoms with Crippen molar-refractivity contribution in [1.82, 2.24) is 9.73 Å². The standard InChI is InChI=1S/C14H19FN4O2S/c1-3-18(4-2)12-6-5-10(9-11(12)15)17-19-8-7-13(20)16-14(21)22-19/h5-6,9,17H,3-4,7-8H2,1-2H3,(H,16,20,21). The van der Waals surface area contributed by atoms with Crippen LogP contribution in [0.2, 0.25) is 0 Å². The fourth-order valence-corrected chi connectivity index (χ4v) is 2.86. The van der Waals surface area contributed by atoms with E-state index in [2.05, 4.69) is 10.7 Å². The van der Waals surface area contributed by atoms with Crippen molar-refractivity contribution < 1.29 is 14.0 Å². The molecule has 0 radical (unpaired) electrons. The Morgan fingerprint density at radius 1 is 1.36 bits per heavy atom. The molecule has 0 unspecified atom stereocenters. The Labute approximate surface area is 133 Å². The lowest BCUT2D eigenvalue weighted by Crippen LogP contribution is -2.26. The van der Waals surface area contributed by atoms with Crippen LogP contribution in [0.4, 0.5) is 20.6 Å². The van der Waals surface area contributed by atoms with Crippen LogP contribution in [0.25, 0.3) is 0 Å². The van der Waals surface area contributed by atoms with Gasteiger partial charge in [0.05, 0.1) is 11.4 Å². The molecule has 1 aliphatic heterocycles. The van der Waals surface area contributed by atoms with Crippen molar-refractivity contribution >= 4 is 34.5 Å². The van der Waals surface area contributed by atoms with Crippen molar-refractivity contribution in [1.29, 1.82) is 0 Å². The summed E-state index contributed by atoms with van der Waals surface area (Å²) >= 11 is 0.850. The largest absolute Gasteiger partial charge is 0.370 e. The van der Waals surface area contributed by atoms with E-state index < -0.39 is 5.24 Å². The molecule has 1 fully saturated rings. The van der Waals surface area contributed by atoms with Gasteiger partial charge in [0.25, 0.3) is 0 Å². The number of anilines is 2. The van der Waals surface area contributed by atoms with Crippen LogP contribution in [0.1, 0.15) is 20.3 Å². The Hall–Kier alpha value is -1.80. The number of carbonyl (C=O) groups is 2. The van der Waals surface area contributed by atoms with Gasteiger partial charge in [0.2, 0.25) is 5.91 Å². The van der Waals surface area contributed by atoms with Crippen LogP contribution in [0.15, 0.2) is 18.2 Å². The van der Waals surface area contributed by atoms with Crippen LogP contribution in [-0.2, 0) is 4.79 Å². The summed E-state index contributed by atoms with van der Waals surface area (Å²) in [5, 5.41) is 1.78. The van der Waals surface area contributed by atoms with Crippen molar-refractivity contribution in [3.8, 4) is 0 Å². The van der Waals surface area contributed by atoms with E-state index in [1.807, 2.05) is 18.7 Å². The Morgan fingerprint density at radius 2 is 2.09 bits per heavy atom. The maximum absolute atomic E-state index is 14.2. The van der Waals surface area contributed by atoms with Crippen molar-refractivity contribution in [3.63, 3.8) is 0 Å². The second-order valence-corrected chi connectivity index (χ2v) is 5.72. The predicted octanol–water partition coefficient (Wildman–Crippen LogP) is 2.59. The minimum absolute atomic E-state index is 0.200. The Morgan fingerprint density at radius 3 is 2.73 bits per heavy atom. The van der Waals surface area contributed by atoms with E-state index in [4.69, 9.17) is 0 Å². The second-order valence-electron chi connectivity index (χ2n) is 4.73. The molecule has 0 aliphatic carbocycles. The summed E-state index contributed by atoms with van der Waals surface area (Å²) in [6.07, 6.45) is 0.200. The minimum Gasteiger partial charge on any atom is -0.370 e. The quantitative estimate of drug-likeness (QED) is 0.811. The zero-order valence-electron chi connectivity index (χ0n) is 12.6. The van der Waals surface area contributed by atoms with E-state index in [-0.39, 0.29) is 18.1 Å². The molecule has 1 saturated heterocycles. The number of imide groups is 1. The molecule has 22 heavy (non-hydrogen) atoms. The third-order valence-corrected chi connectivity index (χ3v) is 4.04. The van der Waals surface area contributed by atoms with Gasteiger partial charge in [-0.2, -0.15) is 4.41 Å². The molecule has 0 aromatic heterocycles.